The van der Waals surface area contributed by atoms with Crippen molar-refractivity contribution in [2.75, 3.05) is 0 Å². The topological polar surface area (TPSA) is 12.9 Å². The van der Waals surface area contributed by atoms with Gasteiger partial charge in [0.2, 0.25) is 0 Å². The lowest BCUT2D eigenvalue weighted by Gasteiger charge is -1.98. The Morgan fingerprint density at radius 3 is 2.57 bits per heavy atom. The van der Waals surface area contributed by atoms with E-state index in [2.05, 4.69) is 39.9 Å². The van der Waals surface area contributed by atoms with Gasteiger partial charge in [-0.15, -0.1) is 11.3 Å². The van der Waals surface area contributed by atoms with E-state index in [0.717, 1.165) is 0 Å². The quantitative estimate of drug-likeness (QED) is 0.526. The fraction of sp³-hybridized carbons (Fsp3) is 0.727. The van der Waals surface area contributed by atoms with Crippen LogP contribution in [-0.4, -0.2) is 4.98 Å². The van der Waals surface area contributed by atoms with Crippen molar-refractivity contribution in [2.24, 2.45) is 0 Å². The summed E-state index contributed by atoms with van der Waals surface area (Å²) in [5.41, 5.74) is 1.29. The zero-order valence-electron chi connectivity index (χ0n) is 8.76. The number of aryl methyl sites for hydroxylation is 1. The zero-order chi connectivity index (χ0) is 10.2. The number of halogens is 1. The molecule has 0 saturated carbocycles. The molecule has 1 aromatic heterocycles. The van der Waals surface area contributed by atoms with E-state index in [1.54, 1.807) is 11.3 Å². The Morgan fingerprint density at radius 1 is 1.21 bits per heavy atom. The molecule has 0 radical (unpaired) electrons. The molecule has 1 heterocycles. The van der Waals surface area contributed by atoms with E-state index in [4.69, 9.17) is 0 Å². The summed E-state index contributed by atoms with van der Waals surface area (Å²) in [6.07, 6.45) is 9.39. The Bertz CT molecular complexity index is 247. The monoisotopic (exact) mass is 323 g/mol. The van der Waals surface area contributed by atoms with Crippen LogP contribution in [0, 0.1) is 3.01 Å². The molecule has 0 spiro atoms. The SMILES string of the molecule is CCCCCCCCc1csc(I)n1. The molecule has 0 N–H and O–H groups in total. The van der Waals surface area contributed by atoms with Gasteiger partial charge in [0, 0.05) is 5.38 Å². The molecular formula is C11H18INS. The number of hydrogen-bond acceptors (Lipinski definition) is 2. The second-order valence-electron chi connectivity index (χ2n) is 3.61. The fourth-order valence-corrected chi connectivity index (χ4v) is 2.75. The van der Waals surface area contributed by atoms with E-state index in [1.807, 2.05) is 0 Å². The molecule has 0 aliphatic rings. The third-order valence-electron chi connectivity index (χ3n) is 2.31. The van der Waals surface area contributed by atoms with Crippen LogP contribution >= 0.6 is 33.9 Å². The molecule has 0 unspecified atom stereocenters. The molecule has 1 aromatic rings. The van der Waals surface area contributed by atoms with Crippen molar-refractivity contribution in [3.8, 4) is 0 Å². The summed E-state index contributed by atoms with van der Waals surface area (Å²) in [6.45, 7) is 2.26. The summed E-state index contributed by atoms with van der Waals surface area (Å²) in [5, 5.41) is 2.19. The molecule has 0 aromatic carbocycles. The molecule has 14 heavy (non-hydrogen) atoms. The van der Waals surface area contributed by atoms with E-state index in [9.17, 15) is 0 Å². The minimum atomic E-state index is 1.17. The number of aromatic nitrogens is 1. The van der Waals surface area contributed by atoms with Crippen LogP contribution in [0.2, 0.25) is 0 Å². The molecule has 80 valence electrons. The lowest BCUT2D eigenvalue weighted by atomic mass is 10.1. The van der Waals surface area contributed by atoms with Crippen LogP contribution in [-0.2, 0) is 6.42 Å². The molecule has 0 aliphatic carbocycles. The molecule has 0 bridgehead atoms. The smallest absolute Gasteiger partial charge is 0.154 e. The molecule has 1 rings (SSSR count). The average Bonchev–Trinajstić information content (AvgIpc) is 2.58. The van der Waals surface area contributed by atoms with Gasteiger partial charge in [0.15, 0.2) is 3.01 Å². The van der Waals surface area contributed by atoms with Crippen molar-refractivity contribution in [3.63, 3.8) is 0 Å². The maximum absolute atomic E-state index is 4.45. The molecule has 0 fully saturated rings. The van der Waals surface area contributed by atoms with Crippen molar-refractivity contribution in [2.45, 2.75) is 51.9 Å². The predicted octanol–water partition coefficient (Wildman–Crippen LogP) is 4.65. The van der Waals surface area contributed by atoms with E-state index < -0.39 is 0 Å². The fourth-order valence-electron chi connectivity index (χ4n) is 1.48. The molecule has 0 atom stereocenters. The van der Waals surface area contributed by atoms with Gasteiger partial charge in [0.05, 0.1) is 5.69 Å². The van der Waals surface area contributed by atoms with Crippen molar-refractivity contribution in [3.05, 3.63) is 14.1 Å². The van der Waals surface area contributed by atoms with Crippen molar-refractivity contribution in [1.82, 2.24) is 4.98 Å². The van der Waals surface area contributed by atoms with E-state index in [1.165, 1.54) is 53.7 Å². The van der Waals surface area contributed by atoms with Crippen LogP contribution in [0.4, 0.5) is 0 Å². The minimum Gasteiger partial charge on any atom is -0.235 e. The molecule has 1 nitrogen and oxygen atoms in total. The lowest BCUT2D eigenvalue weighted by molar-refractivity contribution is 0.605. The predicted molar refractivity (Wildman–Crippen MR) is 71.9 cm³/mol. The Kier molecular flexibility index (Phi) is 6.77. The molecule has 0 amide bonds. The number of hydrogen-bond donors (Lipinski definition) is 0. The Hall–Kier alpha value is 0.360. The van der Waals surface area contributed by atoms with Crippen molar-refractivity contribution < 1.29 is 0 Å². The lowest BCUT2D eigenvalue weighted by Crippen LogP contribution is -1.86. The normalized spacial score (nSPS) is 10.7. The molecular weight excluding hydrogens is 305 g/mol. The number of unbranched alkanes of at least 4 members (excludes halogenated alkanes) is 5. The Balaban J connectivity index is 1.99. The highest BCUT2D eigenvalue weighted by molar-refractivity contribution is 14.1. The van der Waals surface area contributed by atoms with Crippen LogP contribution in [0.3, 0.4) is 0 Å². The van der Waals surface area contributed by atoms with E-state index >= 15 is 0 Å². The Morgan fingerprint density at radius 2 is 1.93 bits per heavy atom. The standard InChI is InChI=1S/C11H18INS/c1-2-3-4-5-6-7-8-10-9-14-11(12)13-10/h9H,2-8H2,1H3. The second-order valence-corrected chi connectivity index (χ2v) is 6.22. The van der Waals surface area contributed by atoms with Crippen LogP contribution in [0.25, 0.3) is 0 Å². The van der Waals surface area contributed by atoms with Crippen LogP contribution < -0.4 is 0 Å². The first-order valence-electron chi connectivity index (χ1n) is 5.43. The van der Waals surface area contributed by atoms with E-state index in [0.29, 0.717) is 0 Å². The minimum absolute atomic E-state index is 1.17. The summed E-state index contributed by atoms with van der Waals surface area (Å²) in [4.78, 5) is 4.45. The van der Waals surface area contributed by atoms with Crippen LogP contribution in [0.1, 0.15) is 51.1 Å². The van der Waals surface area contributed by atoms with Crippen LogP contribution in [0.5, 0.6) is 0 Å². The highest BCUT2D eigenvalue weighted by Crippen LogP contribution is 2.14. The third-order valence-corrected chi connectivity index (χ3v) is 3.99. The maximum atomic E-state index is 4.45. The highest BCUT2D eigenvalue weighted by Gasteiger charge is 1.98. The van der Waals surface area contributed by atoms with Gasteiger partial charge in [0.1, 0.15) is 0 Å². The highest BCUT2D eigenvalue weighted by atomic mass is 127. The maximum Gasteiger partial charge on any atom is 0.154 e. The van der Waals surface area contributed by atoms with Gasteiger partial charge in [-0.3, -0.25) is 0 Å². The first-order chi connectivity index (χ1) is 6.83. The summed E-state index contributed by atoms with van der Waals surface area (Å²) in [6, 6.07) is 0. The van der Waals surface area contributed by atoms with Gasteiger partial charge in [-0.05, 0) is 35.4 Å². The zero-order valence-corrected chi connectivity index (χ0v) is 11.7. The molecule has 0 saturated heterocycles. The van der Waals surface area contributed by atoms with Gasteiger partial charge in [-0.1, -0.05) is 39.0 Å². The van der Waals surface area contributed by atoms with Gasteiger partial charge in [-0.2, -0.15) is 0 Å². The van der Waals surface area contributed by atoms with E-state index in [-0.39, 0.29) is 0 Å². The largest absolute Gasteiger partial charge is 0.235 e. The first kappa shape index (κ1) is 12.4. The Labute approximate surface area is 104 Å². The van der Waals surface area contributed by atoms with Gasteiger partial charge < -0.3 is 0 Å². The first-order valence-corrected chi connectivity index (χ1v) is 7.38. The number of rotatable bonds is 7. The molecule has 3 heteroatoms. The molecule has 0 aliphatic heterocycles. The summed E-state index contributed by atoms with van der Waals surface area (Å²) >= 11 is 4.04. The van der Waals surface area contributed by atoms with Crippen LogP contribution in [0.15, 0.2) is 5.38 Å². The van der Waals surface area contributed by atoms with Crippen molar-refractivity contribution >= 4 is 33.9 Å². The average molecular weight is 323 g/mol. The summed E-state index contributed by atoms with van der Waals surface area (Å²) in [7, 11) is 0. The number of nitrogens with zero attached hydrogens (tertiary/aromatic N) is 1. The van der Waals surface area contributed by atoms with Gasteiger partial charge >= 0.3 is 0 Å². The van der Waals surface area contributed by atoms with Crippen molar-refractivity contribution in [1.29, 1.82) is 0 Å². The summed E-state index contributed by atoms with van der Waals surface area (Å²) in [5.74, 6) is 0. The third kappa shape index (κ3) is 5.29. The van der Waals surface area contributed by atoms with Gasteiger partial charge in [0.25, 0.3) is 0 Å². The van der Waals surface area contributed by atoms with Gasteiger partial charge in [-0.25, -0.2) is 4.98 Å². The summed E-state index contributed by atoms with van der Waals surface area (Å²) < 4.78 is 1.17. The second kappa shape index (κ2) is 7.63. The number of thiazole rings is 1.